The second kappa shape index (κ2) is 7.35. The molecule has 1 aromatic heterocycles. The van der Waals surface area contributed by atoms with Gasteiger partial charge < -0.3 is 18.6 Å². The maximum atomic E-state index is 12.2. The summed E-state index contributed by atoms with van der Waals surface area (Å²) in [7, 11) is 4.46. The van der Waals surface area contributed by atoms with Gasteiger partial charge in [0.15, 0.2) is 11.5 Å². The summed E-state index contributed by atoms with van der Waals surface area (Å²) in [5, 5.41) is 3.85. The molecule has 0 unspecified atom stereocenters. The average molecular weight is 318 g/mol. The van der Waals surface area contributed by atoms with Crippen LogP contribution in [0, 0.1) is 6.92 Å². The van der Waals surface area contributed by atoms with E-state index in [4.69, 9.17) is 18.6 Å². The minimum Gasteiger partial charge on any atom is -0.493 e. The van der Waals surface area contributed by atoms with E-state index in [1.165, 1.54) is 27.5 Å². The van der Waals surface area contributed by atoms with E-state index >= 15 is 0 Å². The molecule has 1 N–H and O–H groups in total. The van der Waals surface area contributed by atoms with Crippen LogP contribution in [0.25, 0.3) is 0 Å². The molecule has 2 aromatic rings. The first-order valence-corrected chi connectivity index (χ1v) is 6.79. The standard InChI is InChI=1S/C16H18N2O5/c1-10-5-6-12(23-10)9-17-18-16(19)11-7-13(20-2)15(22-4)14(8-11)21-3/h5-9H,1-4H3,(H,18,19)/b17-9+. The van der Waals surface area contributed by atoms with Crippen molar-refractivity contribution < 1.29 is 23.4 Å². The minimum atomic E-state index is -0.413. The van der Waals surface area contributed by atoms with Crippen LogP contribution in [0.15, 0.2) is 33.8 Å². The van der Waals surface area contributed by atoms with E-state index in [1.807, 2.05) is 13.0 Å². The number of hydrazone groups is 1. The Balaban J connectivity index is 2.17. The summed E-state index contributed by atoms with van der Waals surface area (Å²) < 4.78 is 20.9. The Labute approximate surface area is 133 Å². The van der Waals surface area contributed by atoms with Crippen LogP contribution in [0.3, 0.4) is 0 Å². The highest BCUT2D eigenvalue weighted by Gasteiger charge is 2.16. The number of ether oxygens (including phenoxy) is 3. The highest BCUT2D eigenvalue weighted by Crippen LogP contribution is 2.38. The van der Waals surface area contributed by atoms with Crippen molar-refractivity contribution in [1.82, 2.24) is 5.43 Å². The van der Waals surface area contributed by atoms with Crippen molar-refractivity contribution >= 4 is 12.1 Å². The molecule has 1 heterocycles. The van der Waals surface area contributed by atoms with Crippen LogP contribution in [0.2, 0.25) is 0 Å². The summed E-state index contributed by atoms with van der Waals surface area (Å²) in [5.74, 6) is 2.10. The molecule has 0 aliphatic rings. The van der Waals surface area contributed by atoms with Crippen LogP contribution in [-0.2, 0) is 0 Å². The fourth-order valence-electron chi connectivity index (χ4n) is 1.95. The maximum absolute atomic E-state index is 12.2. The third-order valence-electron chi connectivity index (χ3n) is 3.05. The normalized spacial score (nSPS) is 10.6. The highest BCUT2D eigenvalue weighted by atomic mass is 16.5. The van der Waals surface area contributed by atoms with Gasteiger partial charge >= 0.3 is 0 Å². The third-order valence-corrected chi connectivity index (χ3v) is 3.05. The van der Waals surface area contributed by atoms with Gasteiger partial charge in [0, 0.05) is 5.56 Å². The molecule has 2 rings (SSSR count). The van der Waals surface area contributed by atoms with Crippen molar-refractivity contribution in [2.45, 2.75) is 6.92 Å². The Morgan fingerprint density at radius 1 is 1.13 bits per heavy atom. The van der Waals surface area contributed by atoms with Crippen LogP contribution in [0.4, 0.5) is 0 Å². The fourth-order valence-corrected chi connectivity index (χ4v) is 1.95. The first-order chi connectivity index (χ1) is 11.1. The van der Waals surface area contributed by atoms with E-state index < -0.39 is 5.91 Å². The number of furan rings is 1. The number of hydrogen-bond acceptors (Lipinski definition) is 6. The monoisotopic (exact) mass is 318 g/mol. The van der Waals surface area contributed by atoms with E-state index in [1.54, 1.807) is 18.2 Å². The smallest absolute Gasteiger partial charge is 0.271 e. The lowest BCUT2D eigenvalue weighted by Gasteiger charge is -2.13. The largest absolute Gasteiger partial charge is 0.493 e. The van der Waals surface area contributed by atoms with Gasteiger partial charge in [0.05, 0.1) is 27.5 Å². The molecule has 1 aromatic carbocycles. The van der Waals surface area contributed by atoms with E-state index in [0.29, 0.717) is 28.6 Å². The summed E-state index contributed by atoms with van der Waals surface area (Å²) >= 11 is 0. The predicted molar refractivity (Wildman–Crippen MR) is 84.6 cm³/mol. The Morgan fingerprint density at radius 3 is 2.26 bits per heavy atom. The molecule has 0 aliphatic heterocycles. The molecule has 0 spiro atoms. The van der Waals surface area contributed by atoms with Gasteiger partial charge in [0.2, 0.25) is 5.75 Å². The van der Waals surface area contributed by atoms with Gasteiger partial charge in [-0.15, -0.1) is 0 Å². The summed E-state index contributed by atoms with van der Waals surface area (Å²) in [4.78, 5) is 12.2. The molecule has 122 valence electrons. The number of nitrogens with one attached hydrogen (secondary N) is 1. The van der Waals surface area contributed by atoms with Gasteiger partial charge in [-0.2, -0.15) is 5.10 Å². The maximum Gasteiger partial charge on any atom is 0.271 e. The molecule has 7 heteroatoms. The van der Waals surface area contributed by atoms with Crippen molar-refractivity contribution in [3.63, 3.8) is 0 Å². The van der Waals surface area contributed by atoms with Crippen molar-refractivity contribution in [2.75, 3.05) is 21.3 Å². The molecule has 7 nitrogen and oxygen atoms in total. The second-order valence-electron chi connectivity index (χ2n) is 4.56. The van der Waals surface area contributed by atoms with Gasteiger partial charge in [0.1, 0.15) is 11.5 Å². The number of benzene rings is 1. The SMILES string of the molecule is COc1cc(C(=O)N/N=C/c2ccc(C)o2)cc(OC)c1OC. The summed E-state index contributed by atoms with van der Waals surface area (Å²) in [5.41, 5.74) is 2.74. The molecule has 0 atom stereocenters. The number of nitrogens with zero attached hydrogens (tertiary/aromatic N) is 1. The molecule has 0 aliphatic carbocycles. The van der Waals surface area contributed by atoms with Crippen LogP contribution in [-0.4, -0.2) is 33.5 Å². The average Bonchev–Trinajstić information content (AvgIpc) is 2.98. The topological polar surface area (TPSA) is 82.3 Å². The number of carbonyl (C=O) groups excluding carboxylic acids is 1. The highest BCUT2D eigenvalue weighted by molar-refractivity contribution is 5.96. The zero-order valence-corrected chi connectivity index (χ0v) is 13.4. The van der Waals surface area contributed by atoms with Crippen molar-refractivity contribution in [2.24, 2.45) is 5.10 Å². The van der Waals surface area contributed by atoms with E-state index in [0.717, 1.165) is 5.76 Å². The van der Waals surface area contributed by atoms with E-state index in [-0.39, 0.29) is 0 Å². The fraction of sp³-hybridized carbons (Fsp3) is 0.250. The minimum absolute atomic E-state index is 0.326. The Hall–Kier alpha value is -2.96. The number of aryl methyl sites for hydroxylation is 1. The Morgan fingerprint density at radius 2 is 1.78 bits per heavy atom. The molecule has 23 heavy (non-hydrogen) atoms. The van der Waals surface area contributed by atoms with Gasteiger partial charge in [-0.25, -0.2) is 5.43 Å². The molecular weight excluding hydrogens is 300 g/mol. The van der Waals surface area contributed by atoms with Crippen LogP contribution < -0.4 is 19.6 Å². The van der Waals surface area contributed by atoms with Gasteiger partial charge in [-0.3, -0.25) is 4.79 Å². The molecule has 0 saturated carbocycles. The molecule has 0 fully saturated rings. The second-order valence-corrected chi connectivity index (χ2v) is 4.56. The first kappa shape index (κ1) is 16.4. The summed E-state index contributed by atoms with van der Waals surface area (Å²) in [6.07, 6.45) is 1.42. The zero-order chi connectivity index (χ0) is 16.8. The number of carbonyl (C=O) groups is 1. The number of amides is 1. The zero-order valence-electron chi connectivity index (χ0n) is 13.4. The Bertz CT molecular complexity index is 696. The van der Waals surface area contributed by atoms with Crippen molar-refractivity contribution in [3.8, 4) is 17.2 Å². The van der Waals surface area contributed by atoms with Crippen molar-refractivity contribution in [1.29, 1.82) is 0 Å². The molecule has 0 saturated heterocycles. The quantitative estimate of drug-likeness (QED) is 0.653. The lowest BCUT2D eigenvalue weighted by atomic mass is 10.1. The molecule has 0 bridgehead atoms. The van der Waals surface area contributed by atoms with Gasteiger partial charge in [-0.05, 0) is 31.2 Å². The molecule has 0 radical (unpaired) electrons. The lowest BCUT2D eigenvalue weighted by Crippen LogP contribution is -2.18. The number of rotatable bonds is 6. The number of hydrogen-bond donors (Lipinski definition) is 1. The van der Waals surface area contributed by atoms with Crippen molar-refractivity contribution in [3.05, 3.63) is 41.3 Å². The van der Waals surface area contributed by atoms with Crippen LogP contribution in [0.1, 0.15) is 21.9 Å². The van der Waals surface area contributed by atoms with Crippen LogP contribution in [0.5, 0.6) is 17.2 Å². The first-order valence-electron chi connectivity index (χ1n) is 6.79. The van der Waals surface area contributed by atoms with E-state index in [9.17, 15) is 4.79 Å². The summed E-state index contributed by atoms with van der Waals surface area (Å²) in [6, 6.07) is 6.65. The lowest BCUT2D eigenvalue weighted by molar-refractivity contribution is 0.0954. The summed E-state index contributed by atoms with van der Waals surface area (Å²) in [6.45, 7) is 1.83. The molecular formula is C16H18N2O5. The number of methoxy groups -OCH3 is 3. The van der Waals surface area contributed by atoms with Crippen LogP contribution >= 0.6 is 0 Å². The van der Waals surface area contributed by atoms with Gasteiger partial charge in [-0.1, -0.05) is 0 Å². The van der Waals surface area contributed by atoms with Gasteiger partial charge in [0.25, 0.3) is 5.91 Å². The predicted octanol–water partition coefficient (Wildman–Crippen LogP) is 2.38. The third kappa shape index (κ3) is 3.82. The molecule has 1 amide bonds. The van der Waals surface area contributed by atoms with E-state index in [2.05, 4.69) is 10.5 Å². The Kier molecular flexibility index (Phi) is 5.24.